The van der Waals surface area contributed by atoms with Crippen molar-refractivity contribution in [2.24, 2.45) is 0 Å². The average molecular weight is 589 g/mol. The molecule has 2 nitrogen and oxygen atoms in total. The second kappa shape index (κ2) is 10.9. The highest BCUT2D eigenvalue weighted by Gasteiger charge is 2.25. The van der Waals surface area contributed by atoms with E-state index in [9.17, 15) is 0 Å². The number of hydrogen-bond acceptors (Lipinski definition) is 2. The largest absolute Gasteiger partial charge is 0.314 e. The Balaban J connectivity index is 1.34. The van der Waals surface area contributed by atoms with Crippen LogP contribution >= 0.6 is 0 Å². The first kappa shape index (κ1) is 26.5. The van der Waals surface area contributed by atoms with Gasteiger partial charge in [-0.25, -0.2) is 0 Å². The summed E-state index contributed by atoms with van der Waals surface area (Å²) in [6.07, 6.45) is 1.94. The molecular weight excluding hydrogens is 556 g/mol. The normalized spacial score (nSPS) is 12.6. The van der Waals surface area contributed by atoms with E-state index in [1.165, 1.54) is 65.9 Å². The summed E-state index contributed by atoms with van der Waals surface area (Å²) in [5, 5.41) is 9.33. The summed E-state index contributed by atoms with van der Waals surface area (Å²) >= 11 is 0. The number of anilines is 5. The third kappa shape index (κ3) is 4.18. The van der Waals surface area contributed by atoms with Crippen molar-refractivity contribution in [2.45, 2.75) is 12.8 Å². The van der Waals surface area contributed by atoms with E-state index in [2.05, 4.69) is 180 Å². The summed E-state index contributed by atoms with van der Waals surface area (Å²) in [6, 6.07) is 61.5. The van der Waals surface area contributed by atoms with Crippen molar-refractivity contribution in [2.75, 3.05) is 9.80 Å². The van der Waals surface area contributed by atoms with E-state index in [0.29, 0.717) is 0 Å². The fraction of sp³-hybridized carbons (Fsp3) is 0.0455. The van der Waals surface area contributed by atoms with Gasteiger partial charge in [-0.1, -0.05) is 115 Å². The van der Waals surface area contributed by atoms with Crippen LogP contribution in [0.5, 0.6) is 0 Å². The van der Waals surface area contributed by atoms with Gasteiger partial charge in [0.25, 0.3) is 0 Å². The fourth-order valence-electron chi connectivity index (χ4n) is 7.61. The first-order valence-corrected chi connectivity index (χ1v) is 16.1. The predicted octanol–water partition coefficient (Wildman–Crippen LogP) is 11.2. The molecule has 2 heteroatoms. The molecule has 218 valence electrons. The lowest BCUT2D eigenvalue weighted by Gasteiger charge is -2.32. The molecule has 0 fully saturated rings. The summed E-state index contributed by atoms with van der Waals surface area (Å²) in [7, 11) is 0. The van der Waals surface area contributed by atoms with Gasteiger partial charge in [0, 0.05) is 39.1 Å². The van der Waals surface area contributed by atoms with Crippen LogP contribution in [0.1, 0.15) is 12.0 Å². The molecule has 0 saturated carbocycles. The Hall–Kier alpha value is -5.86. The van der Waals surface area contributed by atoms with Crippen LogP contribution in [-0.4, -0.2) is 0 Å². The summed E-state index contributed by atoms with van der Waals surface area (Å²) in [5.41, 5.74) is 8.69. The molecule has 8 aromatic rings. The van der Waals surface area contributed by atoms with Crippen LogP contribution in [0.3, 0.4) is 0 Å². The molecule has 1 aliphatic rings. The lowest BCUT2D eigenvalue weighted by atomic mass is 9.84. The minimum atomic E-state index is 0.959. The zero-order valence-electron chi connectivity index (χ0n) is 25.5. The molecule has 0 bridgehead atoms. The number of fused-ring (bicyclic) bond motifs is 2. The molecule has 0 unspecified atom stereocenters. The molecule has 0 amide bonds. The lowest BCUT2D eigenvalue weighted by Crippen LogP contribution is -2.27. The lowest BCUT2D eigenvalue weighted by molar-refractivity contribution is 0.981. The molecule has 0 aromatic heterocycles. The van der Waals surface area contributed by atoms with Crippen LogP contribution in [0, 0.1) is 0 Å². The monoisotopic (exact) mass is 588 g/mol. The molecule has 46 heavy (non-hydrogen) atoms. The molecule has 0 atom stereocenters. The second-order valence-corrected chi connectivity index (χ2v) is 12.0. The minimum absolute atomic E-state index is 0.959. The van der Waals surface area contributed by atoms with Crippen LogP contribution in [0.2, 0.25) is 0 Å². The van der Waals surface area contributed by atoms with Gasteiger partial charge in [-0.3, -0.25) is 0 Å². The molecule has 0 N–H and O–H groups in total. The Morgan fingerprint density at radius 3 is 1.39 bits per heavy atom. The van der Waals surface area contributed by atoms with E-state index in [1.807, 2.05) is 0 Å². The summed E-state index contributed by atoms with van der Waals surface area (Å²) < 4.78 is 0. The third-order valence-corrected chi connectivity index (χ3v) is 9.49. The third-order valence-electron chi connectivity index (χ3n) is 9.49. The van der Waals surface area contributed by atoms with Crippen molar-refractivity contribution in [3.8, 4) is 0 Å². The summed E-state index contributed by atoms with van der Waals surface area (Å²) in [6.45, 7) is 0. The first-order chi connectivity index (χ1) is 22.9. The molecule has 9 rings (SSSR count). The fourth-order valence-corrected chi connectivity index (χ4v) is 7.61. The van der Waals surface area contributed by atoms with Crippen molar-refractivity contribution in [3.05, 3.63) is 181 Å². The number of para-hydroxylation sites is 4. The maximum absolute atomic E-state index is 2.46. The Kier molecular flexibility index (Phi) is 6.31. The standard InChI is InChI=1S/C44H32N2/c1-5-15-31(16-6-1)45(32-17-7-2-8-18-32)41-29-27-37-36-24-14-26-40-42(30-28-38(44(36)40)35-23-13-25-39(41)43(35)37)46(33-19-9-3-10-20-33)34-21-11-4-12-22-34/h1-27,29H,28,30H2. The van der Waals surface area contributed by atoms with Gasteiger partial charge in [0.05, 0.1) is 5.69 Å². The van der Waals surface area contributed by atoms with Gasteiger partial charge in [0.15, 0.2) is 0 Å². The highest BCUT2D eigenvalue weighted by molar-refractivity contribution is 6.26. The number of hydrogen-bond donors (Lipinski definition) is 0. The van der Waals surface area contributed by atoms with Gasteiger partial charge in [0.1, 0.15) is 0 Å². The molecule has 1 aliphatic carbocycles. The topological polar surface area (TPSA) is 6.48 Å². The highest BCUT2D eigenvalue weighted by atomic mass is 15.2. The summed E-state index contributed by atoms with van der Waals surface area (Å²) in [5.74, 6) is 0. The molecule has 0 spiro atoms. The van der Waals surface area contributed by atoms with Gasteiger partial charge in [-0.15, -0.1) is 0 Å². The van der Waals surface area contributed by atoms with E-state index >= 15 is 0 Å². The quantitative estimate of drug-likeness (QED) is 0.141. The Morgan fingerprint density at radius 1 is 0.326 bits per heavy atom. The smallest absolute Gasteiger partial charge is 0.0540 e. The Labute approximate surface area is 269 Å². The Morgan fingerprint density at radius 2 is 0.804 bits per heavy atom. The Bertz CT molecular complexity index is 2320. The van der Waals surface area contributed by atoms with Crippen molar-refractivity contribution in [1.29, 1.82) is 0 Å². The van der Waals surface area contributed by atoms with Crippen LogP contribution in [0.4, 0.5) is 28.4 Å². The van der Waals surface area contributed by atoms with Crippen molar-refractivity contribution >= 4 is 66.5 Å². The van der Waals surface area contributed by atoms with Gasteiger partial charge in [0.2, 0.25) is 0 Å². The van der Waals surface area contributed by atoms with Crippen LogP contribution < -0.4 is 15.0 Å². The van der Waals surface area contributed by atoms with Crippen LogP contribution in [0.25, 0.3) is 38.0 Å². The van der Waals surface area contributed by atoms with E-state index < -0.39 is 0 Å². The molecular formula is C44H32N2. The van der Waals surface area contributed by atoms with Crippen molar-refractivity contribution < 1.29 is 0 Å². The number of nitrogens with zero attached hydrogens (tertiary/aromatic N) is 2. The number of aryl methyl sites for hydroxylation is 1. The van der Waals surface area contributed by atoms with Crippen molar-refractivity contribution in [3.63, 3.8) is 0 Å². The second-order valence-electron chi connectivity index (χ2n) is 12.0. The van der Waals surface area contributed by atoms with Crippen LogP contribution in [-0.2, 0) is 6.42 Å². The van der Waals surface area contributed by atoms with E-state index in [0.717, 1.165) is 24.2 Å². The molecule has 0 radical (unpaired) electrons. The molecule has 0 heterocycles. The highest BCUT2D eigenvalue weighted by Crippen LogP contribution is 2.45. The summed E-state index contributed by atoms with van der Waals surface area (Å²) in [4.78, 5) is 4.85. The van der Waals surface area contributed by atoms with E-state index in [-0.39, 0.29) is 0 Å². The van der Waals surface area contributed by atoms with E-state index in [4.69, 9.17) is 0 Å². The zero-order chi connectivity index (χ0) is 30.5. The van der Waals surface area contributed by atoms with Crippen LogP contribution in [0.15, 0.2) is 170 Å². The first-order valence-electron chi connectivity index (χ1n) is 16.1. The maximum Gasteiger partial charge on any atom is 0.0540 e. The van der Waals surface area contributed by atoms with Gasteiger partial charge in [-0.05, 0) is 99.9 Å². The number of rotatable bonds is 6. The minimum Gasteiger partial charge on any atom is -0.314 e. The van der Waals surface area contributed by atoms with Crippen molar-refractivity contribution in [1.82, 2.24) is 0 Å². The van der Waals surface area contributed by atoms with E-state index in [1.54, 1.807) is 0 Å². The van der Waals surface area contributed by atoms with Gasteiger partial charge < -0.3 is 9.80 Å². The molecule has 8 aromatic carbocycles. The molecule has 0 aliphatic heterocycles. The SMILES string of the molecule is c1ccc(N(C2=c3cccc4c3c(c3cccc5c(N(c6ccccc6)c6ccccc6)ccc4c53)CC2)c2ccccc2)cc1. The predicted molar refractivity (Wildman–Crippen MR) is 196 cm³/mol. The van der Waals surface area contributed by atoms with Gasteiger partial charge >= 0.3 is 0 Å². The maximum atomic E-state index is 2.46. The zero-order valence-corrected chi connectivity index (χ0v) is 25.5. The molecule has 0 saturated heterocycles. The van der Waals surface area contributed by atoms with Gasteiger partial charge in [-0.2, -0.15) is 0 Å². The average Bonchev–Trinajstić information content (AvgIpc) is 3.13. The number of benzene rings is 8.